The van der Waals surface area contributed by atoms with E-state index in [1.807, 2.05) is 0 Å². The number of hydrogen-bond acceptors (Lipinski definition) is 4. The second-order valence-corrected chi connectivity index (χ2v) is 13.0. The molecule has 4 aliphatic rings. The van der Waals surface area contributed by atoms with E-state index in [0.29, 0.717) is 16.9 Å². The molecular weight excluding hydrogens is 392 g/mol. The van der Waals surface area contributed by atoms with Gasteiger partial charge in [-0.2, -0.15) is 0 Å². The number of nitrogens with two attached hydrogens (primary N) is 1. The maximum Gasteiger partial charge on any atom is 0.0109 e. The summed E-state index contributed by atoms with van der Waals surface area (Å²) in [5, 5.41) is 7.50. The molecular formula is C28H54N4. The van der Waals surface area contributed by atoms with Gasteiger partial charge in [-0.25, -0.2) is 0 Å². The van der Waals surface area contributed by atoms with E-state index in [-0.39, 0.29) is 0 Å². The van der Waals surface area contributed by atoms with Crippen molar-refractivity contribution in [1.29, 1.82) is 0 Å². The lowest BCUT2D eigenvalue weighted by Crippen LogP contribution is -2.55. The van der Waals surface area contributed by atoms with Crippen molar-refractivity contribution in [1.82, 2.24) is 16.1 Å². The Kier molecular flexibility index (Phi) is 8.28. The molecule has 0 radical (unpaired) electrons. The average Bonchev–Trinajstić information content (AvgIpc) is 3.10. The maximum absolute atomic E-state index is 5.43. The molecule has 5 N–H and O–H groups in total. The largest absolute Gasteiger partial charge is 0.315 e. The molecule has 8 atom stereocenters. The molecule has 0 aliphatic heterocycles. The normalized spacial score (nSPS) is 43.7. The lowest BCUT2D eigenvalue weighted by Gasteiger charge is -2.61. The number of nitrogens with one attached hydrogen (secondary N) is 3. The van der Waals surface area contributed by atoms with Crippen molar-refractivity contribution in [2.75, 3.05) is 19.6 Å². The van der Waals surface area contributed by atoms with Gasteiger partial charge in [0.05, 0.1) is 0 Å². The SMILES string of the molecule is CC(C)NCCCC1CCC2C3CCC4CC(NCCCNN)CC[C@]4(C)C3CCC12C. The summed E-state index contributed by atoms with van der Waals surface area (Å²) in [6.07, 6.45) is 17.3. The zero-order chi connectivity index (χ0) is 22.8. The van der Waals surface area contributed by atoms with E-state index in [2.05, 4.69) is 43.8 Å². The molecule has 0 aromatic carbocycles. The first kappa shape index (κ1) is 24.9. The van der Waals surface area contributed by atoms with Crippen molar-refractivity contribution >= 4 is 0 Å². The molecule has 4 fully saturated rings. The van der Waals surface area contributed by atoms with Crippen LogP contribution < -0.4 is 21.9 Å². The number of hydrogen-bond donors (Lipinski definition) is 4. The summed E-state index contributed by atoms with van der Waals surface area (Å²) in [5.41, 5.74) is 4.04. The van der Waals surface area contributed by atoms with Gasteiger partial charge >= 0.3 is 0 Å². The van der Waals surface area contributed by atoms with Crippen LogP contribution in [0.2, 0.25) is 0 Å². The van der Waals surface area contributed by atoms with Gasteiger partial charge in [-0.3, -0.25) is 11.3 Å². The Morgan fingerprint density at radius 3 is 2.41 bits per heavy atom. The molecule has 0 spiro atoms. The van der Waals surface area contributed by atoms with Crippen LogP contribution in [0.4, 0.5) is 0 Å². The van der Waals surface area contributed by atoms with E-state index < -0.39 is 0 Å². The predicted octanol–water partition coefficient (Wildman–Crippen LogP) is 5.24. The molecule has 186 valence electrons. The van der Waals surface area contributed by atoms with Gasteiger partial charge in [0.25, 0.3) is 0 Å². The van der Waals surface area contributed by atoms with Crippen molar-refractivity contribution in [3.63, 3.8) is 0 Å². The molecule has 4 saturated carbocycles. The molecule has 0 heterocycles. The van der Waals surface area contributed by atoms with Crippen LogP contribution in [0.3, 0.4) is 0 Å². The number of hydrazine groups is 1. The minimum atomic E-state index is 0.612. The van der Waals surface area contributed by atoms with Gasteiger partial charge in [-0.05, 0) is 131 Å². The first-order valence-corrected chi connectivity index (χ1v) is 14.3. The van der Waals surface area contributed by atoms with E-state index in [0.717, 1.165) is 55.1 Å². The van der Waals surface area contributed by atoms with Gasteiger partial charge in [-0.15, -0.1) is 0 Å². The Bertz CT molecular complexity index is 594. The van der Waals surface area contributed by atoms with E-state index >= 15 is 0 Å². The van der Waals surface area contributed by atoms with Crippen molar-refractivity contribution in [2.45, 2.75) is 117 Å². The molecule has 0 aromatic rings. The summed E-state index contributed by atoms with van der Waals surface area (Å²) in [6, 6.07) is 1.37. The van der Waals surface area contributed by atoms with Gasteiger partial charge in [0.2, 0.25) is 0 Å². The summed E-state index contributed by atoms with van der Waals surface area (Å²) < 4.78 is 0. The lowest BCUT2D eigenvalue weighted by molar-refractivity contribution is -0.115. The third kappa shape index (κ3) is 4.95. The Labute approximate surface area is 199 Å². The van der Waals surface area contributed by atoms with Crippen LogP contribution in [0.5, 0.6) is 0 Å². The van der Waals surface area contributed by atoms with Crippen LogP contribution in [0.15, 0.2) is 0 Å². The fraction of sp³-hybridized carbons (Fsp3) is 1.00. The van der Waals surface area contributed by atoms with Crippen LogP contribution in [-0.2, 0) is 0 Å². The minimum absolute atomic E-state index is 0.612. The van der Waals surface area contributed by atoms with Crippen LogP contribution in [0.25, 0.3) is 0 Å². The highest BCUT2D eigenvalue weighted by molar-refractivity contribution is 5.09. The van der Waals surface area contributed by atoms with Crippen LogP contribution in [0, 0.1) is 40.4 Å². The Morgan fingerprint density at radius 1 is 0.844 bits per heavy atom. The Morgan fingerprint density at radius 2 is 1.62 bits per heavy atom. The summed E-state index contributed by atoms with van der Waals surface area (Å²) in [7, 11) is 0. The van der Waals surface area contributed by atoms with Crippen molar-refractivity contribution in [3.05, 3.63) is 0 Å². The molecule has 0 bridgehead atoms. The van der Waals surface area contributed by atoms with Gasteiger partial charge in [0, 0.05) is 18.6 Å². The summed E-state index contributed by atoms with van der Waals surface area (Å²) in [6.45, 7) is 13.2. The Balaban J connectivity index is 1.34. The molecule has 0 aromatic heterocycles. The quantitative estimate of drug-likeness (QED) is 0.211. The smallest absolute Gasteiger partial charge is 0.0109 e. The van der Waals surface area contributed by atoms with Gasteiger partial charge in [-0.1, -0.05) is 27.7 Å². The molecule has 7 unspecified atom stereocenters. The summed E-state index contributed by atoms with van der Waals surface area (Å²) in [5.74, 6) is 10.4. The van der Waals surface area contributed by atoms with Gasteiger partial charge in [0.15, 0.2) is 0 Å². The topological polar surface area (TPSA) is 62.1 Å². The highest BCUT2D eigenvalue weighted by Crippen LogP contribution is 2.67. The molecule has 4 heteroatoms. The zero-order valence-electron chi connectivity index (χ0n) is 21.7. The van der Waals surface area contributed by atoms with Crippen molar-refractivity contribution in [3.8, 4) is 0 Å². The number of fused-ring (bicyclic) bond motifs is 5. The molecule has 0 amide bonds. The fourth-order valence-electron chi connectivity index (χ4n) is 9.26. The van der Waals surface area contributed by atoms with Crippen molar-refractivity contribution < 1.29 is 0 Å². The first-order chi connectivity index (χ1) is 15.4. The molecule has 4 nitrogen and oxygen atoms in total. The monoisotopic (exact) mass is 446 g/mol. The molecule has 32 heavy (non-hydrogen) atoms. The summed E-state index contributed by atoms with van der Waals surface area (Å²) >= 11 is 0. The lowest BCUT2D eigenvalue weighted by atomic mass is 9.44. The molecule has 4 aliphatic carbocycles. The molecule has 4 rings (SSSR count). The predicted molar refractivity (Wildman–Crippen MR) is 136 cm³/mol. The minimum Gasteiger partial charge on any atom is -0.315 e. The highest BCUT2D eigenvalue weighted by Gasteiger charge is 2.59. The summed E-state index contributed by atoms with van der Waals surface area (Å²) in [4.78, 5) is 0. The van der Waals surface area contributed by atoms with Crippen LogP contribution in [0.1, 0.15) is 105 Å². The third-order valence-corrected chi connectivity index (χ3v) is 11.1. The van der Waals surface area contributed by atoms with Crippen molar-refractivity contribution in [2.24, 2.45) is 46.3 Å². The Hall–Kier alpha value is -0.160. The van der Waals surface area contributed by atoms with E-state index in [1.165, 1.54) is 77.2 Å². The van der Waals surface area contributed by atoms with Gasteiger partial charge < -0.3 is 10.6 Å². The maximum atomic E-state index is 5.43. The molecule has 0 saturated heterocycles. The van der Waals surface area contributed by atoms with Gasteiger partial charge in [0.1, 0.15) is 0 Å². The standard InChI is InChI=1S/C28H54N4/c1-20(2)30-16-5-7-21-9-11-25-24-10-8-22-19-23(31-17-6-18-32-29)12-14-28(22,4)26(24)13-15-27(21,25)3/h20-26,30-32H,5-19,29H2,1-4H3/t21?,22?,23?,24?,25?,26?,27?,28-/m0/s1. The van der Waals surface area contributed by atoms with E-state index in [9.17, 15) is 0 Å². The zero-order valence-corrected chi connectivity index (χ0v) is 21.7. The van der Waals surface area contributed by atoms with E-state index in [1.54, 1.807) is 0 Å². The van der Waals surface area contributed by atoms with E-state index in [4.69, 9.17) is 5.84 Å². The second-order valence-electron chi connectivity index (χ2n) is 13.0. The fourth-order valence-corrected chi connectivity index (χ4v) is 9.26. The first-order valence-electron chi connectivity index (χ1n) is 14.3. The number of rotatable bonds is 10. The van der Waals surface area contributed by atoms with Crippen LogP contribution in [-0.4, -0.2) is 31.7 Å². The third-order valence-electron chi connectivity index (χ3n) is 11.1. The second kappa shape index (κ2) is 10.6. The highest BCUT2D eigenvalue weighted by atomic mass is 15.2. The average molecular weight is 447 g/mol. The van der Waals surface area contributed by atoms with Crippen LogP contribution >= 0.6 is 0 Å².